The van der Waals surface area contributed by atoms with Crippen LogP contribution in [0.5, 0.6) is 5.75 Å². The molecule has 8 heteroatoms. The maximum absolute atomic E-state index is 13.6. The normalized spacial score (nSPS) is 14.0. The van der Waals surface area contributed by atoms with Gasteiger partial charge in [-0.05, 0) is 60.9 Å². The summed E-state index contributed by atoms with van der Waals surface area (Å²) in [5, 5.41) is 18.5. The number of nitrogens with two attached hydrogens (primary N) is 1. The third-order valence-electron chi connectivity index (χ3n) is 5.85. The van der Waals surface area contributed by atoms with Crippen LogP contribution in [-0.4, -0.2) is 41.4 Å². The van der Waals surface area contributed by atoms with Gasteiger partial charge in [0, 0.05) is 12.0 Å². The fourth-order valence-corrected chi connectivity index (χ4v) is 3.80. The molecule has 0 unspecified atom stereocenters. The molecule has 0 aliphatic heterocycles. The van der Waals surface area contributed by atoms with Crippen LogP contribution in [0.1, 0.15) is 51.9 Å². The molecule has 2 aromatic carbocycles. The lowest BCUT2D eigenvalue weighted by atomic mass is 9.93. The summed E-state index contributed by atoms with van der Waals surface area (Å²) in [4.78, 5) is 11.7. The topological polar surface area (TPSA) is 92.8 Å². The molecule has 0 spiro atoms. The first-order valence-electron chi connectivity index (χ1n) is 10.6. The van der Waals surface area contributed by atoms with Gasteiger partial charge < -0.3 is 20.7 Å². The van der Waals surface area contributed by atoms with Gasteiger partial charge in [-0.25, -0.2) is 0 Å². The summed E-state index contributed by atoms with van der Waals surface area (Å²) in [5.74, 6) is -0.0768. The molecular formula is C24H28F3NO4. The van der Waals surface area contributed by atoms with Gasteiger partial charge in [0.15, 0.2) is 5.78 Å². The van der Waals surface area contributed by atoms with Crippen molar-refractivity contribution in [2.45, 2.75) is 50.2 Å². The standard InChI is InChI=1S/C24H28F3NO4/c25-24(26,27)20-13-17(9-10-23(28,14-29)15-30)4-8-22(20)32-11-1-2-16-3-6-19-18(12-16)5-7-21(19)31/h3-4,6,8,12-13,29-30H,1-2,5,7,9-11,14-15,28H2. The van der Waals surface area contributed by atoms with Gasteiger partial charge in [-0.3, -0.25) is 4.79 Å². The van der Waals surface area contributed by atoms with Gasteiger partial charge in [0.2, 0.25) is 0 Å². The van der Waals surface area contributed by atoms with E-state index >= 15 is 0 Å². The van der Waals surface area contributed by atoms with Crippen molar-refractivity contribution >= 4 is 5.78 Å². The number of fused-ring (bicyclic) bond motifs is 1. The second-order valence-corrected chi connectivity index (χ2v) is 8.37. The van der Waals surface area contributed by atoms with Gasteiger partial charge in [-0.1, -0.05) is 24.3 Å². The minimum Gasteiger partial charge on any atom is -0.493 e. The molecule has 0 bridgehead atoms. The molecular weight excluding hydrogens is 423 g/mol. The molecule has 0 radical (unpaired) electrons. The first-order chi connectivity index (χ1) is 15.1. The lowest BCUT2D eigenvalue weighted by Gasteiger charge is -2.24. The Morgan fingerprint density at radius 3 is 2.34 bits per heavy atom. The van der Waals surface area contributed by atoms with E-state index in [1.165, 1.54) is 12.1 Å². The molecule has 2 aromatic rings. The van der Waals surface area contributed by atoms with Gasteiger partial charge in [-0.2, -0.15) is 13.2 Å². The van der Waals surface area contributed by atoms with Gasteiger partial charge >= 0.3 is 6.18 Å². The summed E-state index contributed by atoms with van der Waals surface area (Å²) in [5.41, 5.74) is 6.94. The number of ether oxygens (including phenoxy) is 1. The maximum Gasteiger partial charge on any atom is 0.419 e. The summed E-state index contributed by atoms with van der Waals surface area (Å²) in [7, 11) is 0. The Morgan fingerprint density at radius 2 is 1.66 bits per heavy atom. The Hall–Kier alpha value is -2.42. The van der Waals surface area contributed by atoms with Gasteiger partial charge in [-0.15, -0.1) is 0 Å². The van der Waals surface area contributed by atoms with E-state index in [0.29, 0.717) is 24.8 Å². The largest absolute Gasteiger partial charge is 0.493 e. The molecule has 0 saturated carbocycles. The minimum absolute atomic E-state index is 0.124. The average Bonchev–Trinajstić information content (AvgIpc) is 3.15. The van der Waals surface area contributed by atoms with Crippen LogP contribution in [0.4, 0.5) is 13.2 Å². The number of benzene rings is 2. The summed E-state index contributed by atoms with van der Waals surface area (Å²) < 4.78 is 46.1. The minimum atomic E-state index is -4.58. The third-order valence-corrected chi connectivity index (χ3v) is 5.85. The van der Waals surface area contributed by atoms with E-state index in [9.17, 15) is 28.2 Å². The molecule has 32 heavy (non-hydrogen) atoms. The molecule has 0 amide bonds. The number of hydrogen-bond acceptors (Lipinski definition) is 5. The van der Waals surface area contributed by atoms with Crippen molar-refractivity contribution in [3.63, 3.8) is 0 Å². The molecule has 1 aliphatic carbocycles. The number of ketones is 1. The first kappa shape index (κ1) is 24.2. The number of aliphatic hydroxyl groups is 2. The fraction of sp³-hybridized carbons (Fsp3) is 0.458. The molecule has 0 atom stereocenters. The summed E-state index contributed by atoms with van der Waals surface area (Å²) in [6.07, 6.45) is -1.81. The number of aryl methyl sites for hydroxylation is 3. The second kappa shape index (κ2) is 10.0. The Bertz CT molecular complexity index is 955. The Kier molecular flexibility index (Phi) is 7.59. The zero-order valence-corrected chi connectivity index (χ0v) is 17.8. The highest BCUT2D eigenvalue weighted by atomic mass is 19.4. The van der Waals surface area contributed by atoms with Crippen LogP contribution in [-0.2, 0) is 25.4 Å². The number of carbonyl (C=O) groups excluding carboxylic acids is 1. The molecule has 0 saturated heterocycles. The molecule has 0 heterocycles. The van der Waals surface area contributed by atoms with Crippen molar-refractivity contribution < 1.29 is 32.9 Å². The number of halogens is 3. The van der Waals surface area contributed by atoms with E-state index < -0.39 is 30.5 Å². The Morgan fingerprint density at radius 1 is 0.969 bits per heavy atom. The van der Waals surface area contributed by atoms with Crippen LogP contribution >= 0.6 is 0 Å². The average molecular weight is 451 g/mol. The van der Waals surface area contributed by atoms with Gasteiger partial charge in [0.1, 0.15) is 5.75 Å². The first-order valence-corrected chi connectivity index (χ1v) is 10.6. The van der Waals surface area contributed by atoms with E-state index in [4.69, 9.17) is 10.5 Å². The molecule has 0 fully saturated rings. The van der Waals surface area contributed by atoms with Crippen molar-refractivity contribution in [2.24, 2.45) is 5.73 Å². The summed E-state index contributed by atoms with van der Waals surface area (Å²) in [6.45, 7) is -0.798. The number of carbonyl (C=O) groups is 1. The number of Topliss-reactive ketones (excluding diaryl/α,β-unsaturated/α-hetero) is 1. The number of aliphatic hydroxyl groups excluding tert-OH is 2. The van der Waals surface area contributed by atoms with Crippen LogP contribution in [0.3, 0.4) is 0 Å². The molecule has 1 aliphatic rings. The molecule has 174 valence electrons. The summed E-state index contributed by atoms with van der Waals surface area (Å²) in [6, 6.07) is 9.57. The molecule has 3 rings (SSSR count). The lowest BCUT2D eigenvalue weighted by molar-refractivity contribution is -0.139. The highest BCUT2D eigenvalue weighted by Gasteiger charge is 2.35. The zero-order chi connectivity index (χ0) is 23.4. The lowest BCUT2D eigenvalue weighted by Crippen LogP contribution is -2.47. The Labute approximate surface area is 185 Å². The highest BCUT2D eigenvalue weighted by Crippen LogP contribution is 2.37. The van der Waals surface area contributed by atoms with Crippen LogP contribution in [0.2, 0.25) is 0 Å². The predicted octanol–water partition coefficient (Wildman–Crippen LogP) is 3.46. The van der Waals surface area contributed by atoms with Crippen LogP contribution in [0.25, 0.3) is 0 Å². The zero-order valence-electron chi connectivity index (χ0n) is 17.8. The van der Waals surface area contributed by atoms with E-state index in [1.54, 1.807) is 0 Å². The molecule has 5 nitrogen and oxygen atoms in total. The van der Waals surface area contributed by atoms with Crippen molar-refractivity contribution in [3.05, 3.63) is 64.2 Å². The third kappa shape index (κ3) is 5.88. The van der Waals surface area contributed by atoms with Crippen LogP contribution in [0, 0.1) is 0 Å². The van der Waals surface area contributed by atoms with Gasteiger partial charge in [0.25, 0.3) is 0 Å². The van der Waals surface area contributed by atoms with E-state index in [2.05, 4.69) is 0 Å². The number of hydrogen-bond donors (Lipinski definition) is 3. The van der Waals surface area contributed by atoms with Crippen molar-refractivity contribution in [1.29, 1.82) is 0 Å². The molecule has 0 aromatic heterocycles. The van der Waals surface area contributed by atoms with Crippen LogP contribution in [0.15, 0.2) is 36.4 Å². The van der Waals surface area contributed by atoms with Gasteiger partial charge in [0.05, 0.1) is 30.9 Å². The van der Waals surface area contributed by atoms with Crippen molar-refractivity contribution in [2.75, 3.05) is 19.8 Å². The van der Waals surface area contributed by atoms with E-state index in [1.807, 2.05) is 18.2 Å². The molecule has 4 N–H and O–H groups in total. The quantitative estimate of drug-likeness (QED) is 0.481. The smallest absolute Gasteiger partial charge is 0.419 e. The monoisotopic (exact) mass is 451 g/mol. The second-order valence-electron chi connectivity index (χ2n) is 8.37. The number of alkyl halides is 3. The van der Waals surface area contributed by atoms with Crippen molar-refractivity contribution in [3.8, 4) is 5.75 Å². The Balaban J connectivity index is 1.60. The van der Waals surface area contributed by atoms with E-state index in [0.717, 1.165) is 29.2 Å². The highest BCUT2D eigenvalue weighted by molar-refractivity contribution is 6.00. The van der Waals surface area contributed by atoms with Crippen LogP contribution < -0.4 is 10.5 Å². The van der Waals surface area contributed by atoms with E-state index in [-0.39, 0.29) is 31.0 Å². The SMILES string of the molecule is NC(CO)(CO)CCc1ccc(OCCCc2ccc3c(c2)CCC3=O)c(C(F)(F)F)c1. The fourth-order valence-electron chi connectivity index (χ4n) is 3.80. The van der Waals surface area contributed by atoms with Crippen molar-refractivity contribution in [1.82, 2.24) is 0 Å². The number of rotatable bonds is 10. The maximum atomic E-state index is 13.6. The summed E-state index contributed by atoms with van der Waals surface area (Å²) >= 11 is 0. The predicted molar refractivity (Wildman–Crippen MR) is 114 cm³/mol.